The molecule has 1 unspecified atom stereocenters. The van der Waals surface area contributed by atoms with Gasteiger partial charge in [-0.3, -0.25) is 0 Å². The number of benzene rings is 1. The Balaban J connectivity index is 2.58. The van der Waals surface area contributed by atoms with Crippen LogP contribution in [0.5, 0.6) is 0 Å². The molecule has 1 N–H and O–H groups in total. The van der Waals surface area contributed by atoms with E-state index in [0.29, 0.717) is 6.04 Å². The molecule has 1 aromatic carbocycles. The number of ether oxygens (including phenoxy) is 1. The van der Waals surface area contributed by atoms with E-state index < -0.39 is 0 Å². The van der Waals surface area contributed by atoms with E-state index in [0.717, 1.165) is 12.8 Å². The van der Waals surface area contributed by atoms with Crippen LogP contribution in [0.2, 0.25) is 0 Å². The van der Waals surface area contributed by atoms with E-state index in [2.05, 4.69) is 57.3 Å². The molecule has 0 aliphatic carbocycles. The van der Waals surface area contributed by atoms with Crippen LogP contribution in [0.1, 0.15) is 39.7 Å². The van der Waals surface area contributed by atoms with Gasteiger partial charge in [0.1, 0.15) is 0 Å². The van der Waals surface area contributed by atoms with Crippen LogP contribution >= 0.6 is 0 Å². The van der Waals surface area contributed by atoms with E-state index in [9.17, 15) is 0 Å². The molecule has 96 valence electrons. The van der Waals surface area contributed by atoms with Crippen LogP contribution in [0.4, 0.5) is 5.69 Å². The molecule has 0 aliphatic heterocycles. The zero-order chi connectivity index (χ0) is 12.9. The molecule has 0 aromatic heterocycles. The lowest BCUT2D eigenvalue weighted by molar-refractivity contribution is 0.0128. The molecule has 1 atom stereocenters. The van der Waals surface area contributed by atoms with E-state index in [-0.39, 0.29) is 5.60 Å². The third-order valence-corrected chi connectivity index (χ3v) is 3.10. The van der Waals surface area contributed by atoms with Crippen LogP contribution in [0, 0.1) is 0 Å². The fourth-order valence-electron chi connectivity index (χ4n) is 2.04. The van der Waals surface area contributed by atoms with Gasteiger partial charge in [-0.05, 0) is 51.3 Å². The molecule has 0 spiro atoms. The predicted molar refractivity (Wildman–Crippen MR) is 74.6 cm³/mol. The van der Waals surface area contributed by atoms with E-state index >= 15 is 0 Å². The Labute approximate surface area is 105 Å². The largest absolute Gasteiger partial charge is 0.382 e. The number of methoxy groups -OCH3 is 1. The van der Waals surface area contributed by atoms with Crippen molar-refractivity contribution >= 4 is 5.69 Å². The van der Waals surface area contributed by atoms with Crippen LogP contribution in [0.25, 0.3) is 0 Å². The number of nitrogens with one attached hydrogen (secondary N) is 1. The molecular formula is C15H25NO. The Bertz CT molecular complexity index is 347. The smallest absolute Gasteiger partial charge is 0.0642 e. The number of hydrogen-bond acceptors (Lipinski definition) is 2. The van der Waals surface area contributed by atoms with Crippen molar-refractivity contribution in [3.8, 4) is 0 Å². The first kappa shape index (κ1) is 14.0. The molecule has 0 saturated heterocycles. The van der Waals surface area contributed by atoms with Crippen LogP contribution in [-0.4, -0.2) is 18.8 Å². The lowest BCUT2D eigenvalue weighted by atomic mass is 9.99. The molecule has 2 heteroatoms. The SMILES string of the molecule is CCc1cccc(NC(C)CC(C)(C)OC)c1. The van der Waals surface area contributed by atoms with E-state index in [1.165, 1.54) is 11.3 Å². The first-order chi connectivity index (χ1) is 7.96. The lowest BCUT2D eigenvalue weighted by Crippen LogP contribution is -2.31. The summed E-state index contributed by atoms with van der Waals surface area (Å²) in [5.74, 6) is 0. The second-order valence-corrected chi connectivity index (χ2v) is 5.27. The molecule has 1 rings (SSSR count). The van der Waals surface area contributed by atoms with Gasteiger partial charge >= 0.3 is 0 Å². The zero-order valence-corrected chi connectivity index (χ0v) is 11.7. The second-order valence-electron chi connectivity index (χ2n) is 5.27. The van der Waals surface area contributed by atoms with E-state index in [1.54, 1.807) is 7.11 Å². The van der Waals surface area contributed by atoms with Gasteiger partial charge in [-0.15, -0.1) is 0 Å². The molecule has 0 saturated carbocycles. The molecule has 0 radical (unpaired) electrons. The van der Waals surface area contributed by atoms with Gasteiger partial charge in [-0.25, -0.2) is 0 Å². The van der Waals surface area contributed by atoms with Crippen molar-refractivity contribution in [1.29, 1.82) is 0 Å². The maximum absolute atomic E-state index is 5.45. The number of rotatable bonds is 6. The standard InChI is InChI=1S/C15H25NO/c1-6-13-8-7-9-14(10-13)16-12(2)11-15(3,4)17-5/h7-10,12,16H,6,11H2,1-5H3. The Hall–Kier alpha value is -1.02. The maximum atomic E-state index is 5.45. The van der Waals surface area contributed by atoms with Crippen LogP contribution in [0.15, 0.2) is 24.3 Å². The van der Waals surface area contributed by atoms with Gasteiger partial charge in [0.25, 0.3) is 0 Å². The van der Waals surface area contributed by atoms with Crippen molar-refractivity contribution in [3.05, 3.63) is 29.8 Å². The fourth-order valence-corrected chi connectivity index (χ4v) is 2.04. The molecule has 0 bridgehead atoms. The summed E-state index contributed by atoms with van der Waals surface area (Å²) in [6, 6.07) is 9.01. The summed E-state index contributed by atoms with van der Waals surface area (Å²) in [4.78, 5) is 0. The normalized spacial score (nSPS) is 13.5. The number of anilines is 1. The zero-order valence-electron chi connectivity index (χ0n) is 11.7. The monoisotopic (exact) mass is 235 g/mol. The van der Waals surface area contributed by atoms with Gasteiger partial charge < -0.3 is 10.1 Å². The molecular weight excluding hydrogens is 210 g/mol. The predicted octanol–water partition coefficient (Wildman–Crippen LogP) is 3.86. The minimum Gasteiger partial charge on any atom is -0.382 e. The topological polar surface area (TPSA) is 21.3 Å². The van der Waals surface area contributed by atoms with Gasteiger partial charge in [-0.1, -0.05) is 19.1 Å². The average molecular weight is 235 g/mol. The first-order valence-corrected chi connectivity index (χ1v) is 6.37. The summed E-state index contributed by atoms with van der Waals surface area (Å²) in [5.41, 5.74) is 2.49. The van der Waals surface area contributed by atoms with Gasteiger partial charge in [0, 0.05) is 18.8 Å². The first-order valence-electron chi connectivity index (χ1n) is 6.37. The second kappa shape index (κ2) is 6.06. The van der Waals surface area contributed by atoms with Crippen molar-refractivity contribution in [1.82, 2.24) is 0 Å². The third-order valence-electron chi connectivity index (χ3n) is 3.10. The third kappa shape index (κ3) is 4.78. The summed E-state index contributed by atoms with van der Waals surface area (Å²) >= 11 is 0. The Morgan fingerprint density at radius 1 is 1.35 bits per heavy atom. The molecule has 0 amide bonds. The molecule has 0 aliphatic rings. The van der Waals surface area contributed by atoms with E-state index in [4.69, 9.17) is 4.74 Å². The molecule has 0 heterocycles. The van der Waals surface area contributed by atoms with Gasteiger partial charge in [0.2, 0.25) is 0 Å². The Morgan fingerprint density at radius 3 is 2.65 bits per heavy atom. The Kier molecular flexibility index (Phi) is 5.01. The number of hydrogen-bond donors (Lipinski definition) is 1. The molecule has 17 heavy (non-hydrogen) atoms. The summed E-state index contributed by atoms with van der Waals surface area (Å²) < 4.78 is 5.45. The average Bonchev–Trinajstić information content (AvgIpc) is 2.28. The van der Waals surface area contributed by atoms with Crippen LogP contribution < -0.4 is 5.32 Å². The highest BCUT2D eigenvalue weighted by Crippen LogP contribution is 2.19. The quantitative estimate of drug-likeness (QED) is 0.808. The summed E-state index contributed by atoms with van der Waals surface area (Å²) in [7, 11) is 1.77. The summed E-state index contributed by atoms with van der Waals surface area (Å²) in [5, 5.41) is 3.53. The van der Waals surface area contributed by atoms with Crippen molar-refractivity contribution in [3.63, 3.8) is 0 Å². The van der Waals surface area contributed by atoms with Crippen molar-refractivity contribution in [2.45, 2.75) is 52.2 Å². The van der Waals surface area contributed by atoms with Crippen LogP contribution in [0.3, 0.4) is 0 Å². The van der Waals surface area contributed by atoms with Crippen molar-refractivity contribution in [2.75, 3.05) is 12.4 Å². The van der Waals surface area contributed by atoms with Gasteiger partial charge in [-0.2, -0.15) is 0 Å². The lowest BCUT2D eigenvalue weighted by Gasteiger charge is -2.27. The molecule has 0 fully saturated rings. The van der Waals surface area contributed by atoms with Gasteiger partial charge in [0.05, 0.1) is 5.60 Å². The fraction of sp³-hybridized carbons (Fsp3) is 0.600. The van der Waals surface area contributed by atoms with Crippen molar-refractivity contribution < 1.29 is 4.74 Å². The summed E-state index contributed by atoms with van der Waals surface area (Å²) in [6.45, 7) is 8.61. The van der Waals surface area contributed by atoms with Crippen molar-refractivity contribution in [2.24, 2.45) is 0 Å². The minimum absolute atomic E-state index is 0.0746. The summed E-state index contributed by atoms with van der Waals surface area (Å²) in [6.07, 6.45) is 2.06. The highest BCUT2D eigenvalue weighted by Gasteiger charge is 2.19. The molecule has 1 aromatic rings. The maximum Gasteiger partial charge on any atom is 0.0642 e. The molecule has 2 nitrogen and oxygen atoms in total. The highest BCUT2D eigenvalue weighted by atomic mass is 16.5. The van der Waals surface area contributed by atoms with Gasteiger partial charge in [0.15, 0.2) is 0 Å². The minimum atomic E-state index is -0.0746. The Morgan fingerprint density at radius 2 is 2.06 bits per heavy atom. The number of aryl methyl sites for hydroxylation is 1. The van der Waals surface area contributed by atoms with E-state index in [1.807, 2.05) is 0 Å². The van der Waals surface area contributed by atoms with Crippen LogP contribution in [-0.2, 0) is 11.2 Å². The highest BCUT2D eigenvalue weighted by molar-refractivity contribution is 5.46.